The predicted octanol–water partition coefficient (Wildman–Crippen LogP) is 5.15. The van der Waals surface area contributed by atoms with E-state index in [1.165, 1.54) is 18.3 Å². The summed E-state index contributed by atoms with van der Waals surface area (Å²) in [5.74, 6) is -1.32. The van der Waals surface area contributed by atoms with E-state index in [1.54, 1.807) is 32.0 Å². The number of alkyl halides is 2. The van der Waals surface area contributed by atoms with Gasteiger partial charge in [0.25, 0.3) is 18.2 Å². The first-order valence-corrected chi connectivity index (χ1v) is 12.9. The molecule has 38 heavy (non-hydrogen) atoms. The van der Waals surface area contributed by atoms with Gasteiger partial charge in [-0.2, -0.15) is 5.26 Å². The standard InChI is InChI=1S/C25H22ClF2IN6O3/c1-13-8-15(29)9-16(23(36)33-25(2,12-30)14-5-6-14)21(13)32-24(37)18-10-20(38-11-19(27)28)34-35(18)22-17(26)4-3-7-31-22/h3-4,7-10,14,19H,5-6,11H2,1-2H3,(H,32,37)(H,33,36). The number of halogens is 4. The topological polar surface area (TPSA) is 122 Å². The summed E-state index contributed by atoms with van der Waals surface area (Å²) in [5, 5.41) is 19.5. The van der Waals surface area contributed by atoms with Crippen LogP contribution in [0.2, 0.25) is 5.02 Å². The third-order valence-electron chi connectivity index (χ3n) is 6.00. The number of ether oxygens (including phenoxy) is 1. The number of aryl methyl sites for hydroxylation is 1. The fourth-order valence-electron chi connectivity index (χ4n) is 3.89. The number of nitriles is 1. The molecule has 198 valence electrons. The number of nitrogens with zero attached hydrogens (tertiary/aromatic N) is 4. The average molecular weight is 655 g/mol. The zero-order valence-corrected chi connectivity index (χ0v) is 23.2. The molecule has 0 aliphatic heterocycles. The molecule has 0 saturated heterocycles. The molecule has 13 heteroatoms. The largest absolute Gasteiger partial charge is 0.471 e. The Morgan fingerprint density at radius 2 is 2.08 bits per heavy atom. The van der Waals surface area contributed by atoms with Crippen LogP contribution in [0.4, 0.5) is 14.5 Å². The average Bonchev–Trinajstić information content (AvgIpc) is 3.64. The second-order valence-corrected chi connectivity index (χ2v) is 10.6. The Hall–Kier alpha value is -3.31. The van der Waals surface area contributed by atoms with Gasteiger partial charge in [0.1, 0.15) is 11.2 Å². The fraction of sp³-hybridized carbons (Fsp3) is 0.320. The zero-order valence-electron chi connectivity index (χ0n) is 20.3. The molecular weight excluding hydrogens is 633 g/mol. The summed E-state index contributed by atoms with van der Waals surface area (Å²) in [6.07, 6.45) is 0.369. The highest BCUT2D eigenvalue weighted by Gasteiger charge is 2.43. The van der Waals surface area contributed by atoms with Gasteiger partial charge < -0.3 is 15.4 Å². The van der Waals surface area contributed by atoms with Gasteiger partial charge in [-0.25, -0.2) is 18.4 Å². The molecule has 3 aromatic rings. The van der Waals surface area contributed by atoms with Crippen LogP contribution in [0.5, 0.6) is 5.88 Å². The van der Waals surface area contributed by atoms with Crippen LogP contribution in [0.1, 0.15) is 46.2 Å². The van der Waals surface area contributed by atoms with Gasteiger partial charge in [0, 0.05) is 15.8 Å². The molecule has 1 fully saturated rings. The highest BCUT2D eigenvalue weighted by molar-refractivity contribution is 14.1. The smallest absolute Gasteiger partial charge is 0.274 e. The maximum atomic E-state index is 13.5. The summed E-state index contributed by atoms with van der Waals surface area (Å²) >= 11 is 8.31. The Bertz CT molecular complexity index is 1440. The van der Waals surface area contributed by atoms with Gasteiger partial charge in [0.2, 0.25) is 5.88 Å². The molecule has 0 radical (unpaired) electrons. The van der Waals surface area contributed by atoms with Gasteiger partial charge in [-0.1, -0.05) is 11.6 Å². The number of pyridine rings is 1. The molecular formula is C25H22ClF2IN6O3. The first kappa shape index (κ1) is 27.7. The van der Waals surface area contributed by atoms with Crippen molar-refractivity contribution in [2.45, 2.75) is 38.7 Å². The molecule has 2 heterocycles. The molecule has 9 nitrogen and oxygen atoms in total. The molecule has 2 aromatic heterocycles. The van der Waals surface area contributed by atoms with Crippen molar-refractivity contribution in [3.05, 3.63) is 61.9 Å². The lowest BCUT2D eigenvalue weighted by molar-refractivity contribution is 0.0793. The lowest BCUT2D eigenvalue weighted by Gasteiger charge is -2.24. The lowest BCUT2D eigenvalue weighted by Crippen LogP contribution is -2.47. The number of carbonyl (C=O) groups is 2. The van der Waals surface area contributed by atoms with Crippen LogP contribution in [0.15, 0.2) is 36.5 Å². The van der Waals surface area contributed by atoms with Crippen molar-refractivity contribution < 1.29 is 23.1 Å². The van der Waals surface area contributed by atoms with Crippen molar-refractivity contribution in [2.24, 2.45) is 5.92 Å². The van der Waals surface area contributed by atoms with Crippen molar-refractivity contribution in [1.29, 1.82) is 5.26 Å². The molecule has 1 aromatic carbocycles. The van der Waals surface area contributed by atoms with Crippen molar-refractivity contribution in [2.75, 3.05) is 11.9 Å². The minimum atomic E-state index is -2.75. The molecule has 0 spiro atoms. The SMILES string of the molecule is Cc1cc(I)cc(C(=O)NC(C)(C#N)C2CC2)c1NC(=O)c1cc(OCC(F)F)nn1-c1ncccc1Cl. The number of hydrogen-bond acceptors (Lipinski definition) is 6. The number of amides is 2. The number of carbonyl (C=O) groups excluding carboxylic acids is 2. The van der Waals surface area contributed by atoms with E-state index in [2.05, 4.69) is 49.4 Å². The van der Waals surface area contributed by atoms with Crippen molar-refractivity contribution in [3.8, 4) is 17.8 Å². The van der Waals surface area contributed by atoms with Gasteiger partial charge in [-0.05, 0) is 85.0 Å². The van der Waals surface area contributed by atoms with Crippen LogP contribution in [-0.4, -0.2) is 45.2 Å². The first-order valence-electron chi connectivity index (χ1n) is 11.5. The van der Waals surface area contributed by atoms with Crippen LogP contribution in [0, 0.1) is 27.7 Å². The summed E-state index contributed by atoms with van der Waals surface area (Å²) in [5.41, 5.74) is -0.172. The van der Waals surface area contributed by atoms with Gasteiger partial charge in [-0.15, -0.1) is 5.10 Å². The molecule has 4 rings (SSSR count). The Morgan fingerprint density at radius 1 is 1.34 bits per heavy atom. The van der Waals surface area contributed by atoms with E-state index in [0.717, 1.165) is 21.1 Å². The quantitative estimate of drug-likeness (QED) is 0.308. The number of anilines is 1. The van der Waals surface area contributed by atoms with Crippen molar-refractivity contribution in [3.63, 3.8) is 0 Å². The number of hydrogen-bond donors (Lipinski definition) is 2. The lowest BCUT2D eigenvalue weighted by atomic mass is 9.96. The van der Waals surface area contributed by atoms with Gasteiger partial charge in [0.15, 0.2) is 12.4 Å². The zero-order chi connectivity index (χ0) is 27.6. The molecule has 2 amide bonds. The summed E-state index contributed by atoms with van der Waals surface area (Å²) in [4.78, 5) is 31.0. The van der Waals surface area contributed by atoms with E-state index in [4.69, 9.17) is 16.3 Å². The second kappa shape index (κ2) is 11.2. The highest BCUT2D eigenvalue weighted by Crippen LogP contribution is 2.39. The molecule has 1 atom stereocenters. The normalized spacial score (nSPS) is 14.5. The summed E-state index contributed by atoms with van der Waals surface area (Å²) in [6.45, 7) is 2.48. The maximum Gasteiger partial charge on any atom is 0.274 e. The number of rotatable bonds is 9. The summed E-state index contributed by atoms with van der Waals surface area (Å²) < 4.78 is 32.3. The minimum absolute atomic E-state index is 0.0579. The highest BCUT2D eigenvalue weighted by atomic mass is 127. The Kier molecular flexibility index (Phi) is 8.17. The first-order chi connectivity index (χ1) is 18.0. The minimum Gasteiger partial charge on any atom is -0.471 e. The monoisotopic (exact) mass is 654 g/mol. The molecule has 1 unspecified atom stereocenters. The van der Waals surface area contributed by atoms with Crippen LogP contribution < -0.4 is 15.4 Å². The van der Waals surface area contributed by atoms with Crippen molar-refractivity contribution >= 4 is 51.7 Å². The maximum absolute atomic E-state index is 13.5. The fourth-order valence-corrected chi connectivity index (χ4v) is 4.87. The molecule has 0 bridgehead atoms. The van der Waals surface area contributed by atoms with E-state index in [9.17, 15) is 23.6 Å². The Balaban J connectivity index is 1.70. The van der Waals surface area contributed by atoms with Crippen LogP contribution in [-0.2, 0) is 0 Å². The van der Waals surface area contributed by atoms with Crippen LogP contribution in [0.3, 0.4) is 0 Å². The predicted molar refractivity (Wildman–Crippen MR) is 144 cm³/mol. The van der Waals surface area contributed by atoms with E-state index in [0.29, 0.717) is 5.56 Å². The summed E-state index contributed by atoms with van der Waals surface area (Å²) in [6, 6.07) is 9.87. The van der Waals surface area contributed by atoms with Gasteiger partial charge in [-0.3, -0.25) is 9.59 Å². The third-order valence-corrected chi connectivity index (χ3v) is 6.92. The third kappa shape index (κ3) is 6.05. The van der Waals surface area contributed by atoms with E-state index in [1.807, 2.05) is 0 Å². The Labute approximate surface area is 235 Å². The van der Waals surface area contributed by atoms with Crippen LogP contribution >= 0.6 is 34.2 Å². The summed E-state index contributed by atoms with van der Waals surface area (Å²) in [7, 11) is 0. The number of nitrogens with one attached hydrogen (secondary N) is 2. The van der Waals surface area contributed by atoms with E-state index >= 15 is 0 Å². The molecule has 1 aliphatic rings. The van der Waals surface area contributed by atoms with E-state index < -0.39 is 30.4 Å². The van der Waals surface area contributed by atoms with E-state index in [-0.39, 0.29) is 39.6 Å². The second-order valence-electron chi connectivity index (χ2n) is 8.93. The Morgan fingerprint density at radius 3 is 2.71 bits per heavy atom. The van der Waals surface area contributed by atoms with Gasteiger partial charge >= 0.3 is 0 Å². The van der Waals surface area contributed by atoms with Crippen molar-refractivity contribution in [1.82, 2.24) is 20.1 Å². The molecule has 1 aliphatic carbocycles. The molecule has 2 N–H and O–H groups in total. The van der Waals surface area contributed by atoms with Gasteiger partial charge in [0.05, 0.1) is 22.3 Å². The van der Waals surface area contributed by atoms with Crippen LogP contribution in [0.25, 0.3) is 5.82 Å². The number of benzene rings is 1. The molecule has 1 saturated carbocycles. The number of aromatic nitrogens is 3.